The van der Waals surface area contributed by atoms with Gasteiger partial charge in [0.15, 0.2) is 0 Å². The van der Waals surface area contributed by atoms with E-state index in [2.05, 4.69) is 37.2 Å². The molecule has 0 aromatic heterocycles. The summed E-state index contributed by atoms with van der Waals surface area (Å²) >= 11 is 6.73. The zero-order valence-electron chi connectivity index (χ0n) is 10.2. The number of hydrogen-bond donors (Lipinski definition) is 2. The van der Waals surface area contributed by atoms with Gasteiger partial charge in [-0.1, -0.05) is 37.9 Å². The summed E-state index contributed by atoms with van der Waals surface area (Å²) < 4.78 is 1.69. The Kier molecular flexibility index (Phi) is 4.27. The summed E-state index contributed by atoms with van der Waals surface area (Å²) in [5.74, 6) is -0.171. The second-order valence-electron chi connectivity index (χ2n) is 4.19. The zero-order chi connectivity index (χ0) is 14.0. The maximum Gasteiger partial charge on any atom is 0.255 e. The van der Waals surface area contributed by atoms with Crippen LogP contribution >= 0.6 is 31.9 Å². The van der Waals surface area contributed by atoms with Gasteiger partial charge in [0.05, 0.1) is 0 Å². The van der Waals surface area contributed by atoms with Crippen LogP contribution in [-0.2, 0) is 0 Å². The number of nitrogens with two attached hydrogens (primary N) is 1. The van der Waals surface area contributed by atoms with Gasteiger partial charge < -0.3 is 11.1 Å². The number of aryl methyl sites for hydroxylation is 1. The van der Waals surface area contributed by atoms with Gasteiger partial charge in [-0.15, -0.1) is 0 Å². The van der Waals surface area contributed by atoms with Gasteiger partial charge in [-0.25, -0.2) is 0 Å². The lowest BCUT2D eigenvalue weighted by Crippen LogP contribution is -2.13. The topological polar surface area (TPSA) is 55.1 Å². The maximum atomic E-state index is 12.2. The molecule has 0 aliphatic rings. The van der Waals surface area contributed by atoms with E-state index in [4.69, 9.17) is 5.73 Å². The van der Waals surface area contributed by atoms with Crippen molar-refractivity contribution in [1.29, 1.82) is 0 Å². The minimum atomic E-state index is -0.171. The van der Waals surface area contributed by atoms with Crippen LogP contribution in [0.5, 0.6) is 0 Å². The number of nitrogen functional groups attached to an aromatic ring is 1. The Morgan fingerprint density at radius 1 is 1.11 bits per heavy atom. The van der Waals surface area contributed by atoms with E-state index in [-0.39, 0.29) is 5.91 Å². The lowest BCUT2D eigenvalue weighted by atomic mass is 10.1. The van der Waals surface area contributed by atoms with E-state index < -0.39 is 0 Å². The standard InChI is InChI=1S/C14H12Br2N2O/c1-8-2-3-12(17)7-13(8)18-14(19)9-4-10(15)6-11(16)5-9/h2-7H,17H2,1H3,(H,18,19). The number of carbonyl (C=O) groups excluding carboxylic acids is 1. The van der Waals surface area contributed by atoms with Crippen LogP contribution in [0.4, 0.5) is 11.4 Å². The number of benzene rings is 2. The fourth-order valence-corrected chi connectivity index (χ4v) is 2.95. The van der Waals surface area contributed by atoms with Gasteiger partial charge >= 0.3 is 0 Å². The van der Waals surface area contributed by atoms with Crippen molar-refractivity contribution < 1.29 is 4.79 Å². The van der Waals surface area contributed by atoms with Gasteiger partial charge in [-0.05, 0) is 42.8 Å². The molecule has 0 saturated heterocycles. The summed E-state index contributed by atoms with van der Waals surface area (Å²) in [5, 5.41) is 2.86. The second kappa shape index (κ2) is 5.75. The summed E-state index contributed by atoms with van der Waals surface area (Å²) in [5.41, 5.74) is 8.61. The maximum absolute atomic E-state index is 12.2. The Balaban J connectivity index is 2.28. The van der Waals surface area contributed by atoms with Gasteiger partial charge in [0.25, 0.3) is 5.91 Å². The molecule has 0 atom stereocenters. The number of carbonyl (C=O) groups is 1. The normalized spacial score (nSPS) is 10.3. The van der Waals surface area contributed by atoms with Gasteiger partial charge in [0.1, 0.15) is 0 Å². The van der Waals surface area contributed by atoms with Crippen molar-refractivity contribution in [2.75, 3.05) is 11.1 Å². The highest BCUT2D eigenvalue weighted by molar-refractivity contribution is 9.11. The van der Waals surface area contributed by atoms with Crippen LogP contribution in [-0.4, -0.2) is 5.91 Å². The molecule has 0 aliphatic heterocycles. The third-order valence-corrected chi connectivity index (χ3v) is 3.55. The molecule has 19 heavy (non-hydrogen) atoms. The molecular formula is C14H12Br2N2O. The summed E-state index contributed by atoms with van der Waals surface area (Å²) in [7, 11) is 0. The SMILES string of the molecule is Cc1ccc(N)cc1NC(=O)c1cc(Br)cc(Br)c1. The Bertz CT molecular complexity index is 621. The van der Waals surface area contributed by atoms with Crippen molar-refractivity contribution in [3.05, 3.63) is 56.5 Å². The van der Waals surface area contributed by atoms with Crippen LogP contribution in [0, 0.1) is 6.92 Å². The lowest BCUT2D eigenvalue weighted by Gasteiger charge is -2.10. The number of halogens is 2. The number of amides is 1. The zero-order valence-corrected chi connectivity index (χ0v) is 13.4. The molecule has 0 bridgehead atoms. The average molecular weight is 384 g/mol. The molecule has 0 spiro atoms. The van der Waals surface area contributed by atoms with E-state index in [1.165, 1.54) is 0 Å². The first-order valence-electron chi connectivity index (χ1n) is 5.59. The van der Waals surface area contributed by atoms with Crippen LogP contribution < -0.4 is 11.1 Å². The molecule has 0 aliphatic carbocycles. The quantitative estimate of drug-likeness (QED) is 0.757. The van der Waals surface area contributed by atoms with Crippen molar-refractivity contribution in [2.24, 2.45) is 0 Å². The fraction of sp³-hybridized carbons (Fsp3) is 0.0714. The third kappa shape index (κ3) is 3.58. The van der Waals surface area contributed by atoms with E-state index in [0.717, 1.165) is 20.2 Å². The molecule has 2 rings (SSSR count). The van der Waals surface area contributed by atoms with Crippen molar-refractivity contribution >= 4 is 49.1 Å². The van der Waals surface area contributed by atoms with Crippen molar-refractivity contribution in [3.8, 4) is 0 Å². The van der Waals surface area contributed by atoms with Gasteiger partial charge in [-0.3, -0.25) is 4.79 Å². The molecule has 0 unspecified atom stereocenters. The summed E-state index contributed by atoms with van der Waals surface area (Å²) in [6.45, 7) is 1.92. The number of hydrogen-bond acceptors (Lipinski definition) is 2. The molecule has 0 heterocycles. The molecule has 2 aromatic rings. The smallest absolute Gasteiger partial charge is 0.255 e. The Labute approximate surface area is 128 Å². The van der Waals surface area contributed by atoms with E-state index in [1.54, 1.807) is 24.3 Å². The first kappa shape index (κ1) is 14.1. The van der Waals surface area contributed by atoms with E-state index in [9.17, 15) is 4.79 Å². The minimum Gasteiger partial charge on any atom is -0.399 e. The number of nitrogens with one attached hydrogen (secondary N) is 1. The molecule has 3 N–H and O–H groups in total. The van der Waals surface area contributed by atoms with E-state index in [0.29, 0.717) is 11.3 Å². The highest BCUT2D eigenvalue weighted by atomic mass is 79.9. The van der Waals surface area contributed by atoms with Gasteiger partial charge in [0, 0.05) is 25.9 Å². The van der Waals surface area contributed by atoms with E-state index in [1.807, 2.05) is 19.1 Å². The molecular weight excluding hydrogens is 372 g/mol. The van der Waals surface area contributed by atoms with Gasteiger partial charge in [0.2, 0.25) is 0 Å². The number of rotatable bonds is 2. The second-order valence-corrected chi connectivity index (χ2v) is 6.02. The molecule has 3 nitrogen and oxygen atoms in total. The highest BCUT2D eigenvalue weighted by Gasteiger charge is 2.09. The molecule has 98 valence electrons. The summed E-state index contributed by atoms with van der Waals surface area (Å²) in [6, 6.07) is 10.8. The Hall–Kier alpha value is -1.33. The van der Waals surface area contributed by atoms with Crippen molar-refractivity contribution in [2.45, 2.75) is 6.92 Å². The molecule has 0 fully saturated rings. The molecule has 0 radical (unpaired) electrons. The van der Waals surface area contributed by atoms with Gasteiger partial charge in [-0.2, -0.15) is 0 Å². The van der Waals surface area contributed by atoms with E-state index >= 15 is 0 Å². The van der Waals surface area contributed by atoms with Crippen LogP contribution in [0.3, 0.4) is 0 Å². The lowest BCUT2D eigenvalue weighted by molar-refractivity contribution is 0.102. The Morgan fingerprint density at radius 3 is 2.37 bits per heavy atom. The number of anilines is 2. The first-order valence-corrected chi connectivity index (χ1v) is 7.18. The summed E-state index contributed by atoms with van der Waals surface area (Å²) in [6.07, 6.45) is 0. The molecule has 0 saturated carbocycles. The van der Waals surface area contributed by atoms with Crippen LogP contribution in [0.1, 0.15) is 15.9 Å². The predicted octanol–water partition coefficient (Wildman–Crippen LogP) is 4.35. The van der Waals surface area contributed by atoms with Crippen LogP contribution in [0.25, 0.3) is 0 Å². The molecule has 1 amide bonds. The summed E-state index contributed by atoms with van der Waals surface area (Å²) in [4.78, 5) is 12.2. The average Bonchev–Trinajstić information content (AvgIpc) is 2.32. The minimum absolute atomic E-state index is 0.171. The van der Waals surface area contributed by atoms with Crippen LogP contribution in [0.2, 0.25) is 0 Å². The Morgan fingerprint density at radius 2 is 1.74 bits per heavy atom. The monoisotopic (exact) mass is 382 g/mol. The van der Waals surface area contributed by atoms with Crippen molar-refractivity contribution in [1.82, 2.24) is 0 Å². The largest absolute Gasteiger partial charge is 0.399 e. The first-order chi connectivity index (χ1) is 8.95. The fourth-order valence-electron chi connectivity index (χ4n) is 1.65. The highest BCUT2D eigenvalue weighted by Crippen LogP contribution is 2.22. The van der Waals surface area contributed by atoms with Crippen LogP contribution in [0.15, 0.2) is 45.3 Å². The third-order valence-electron chi connectivity index (χ3n) is 2.63. The van der Waals surface area contributed by atoms with Crippen molar-refractivity contribution in [3.63, 3.8) is 0 Å². The molecule has 2 aromatic carbocycles. The molecule has 5 heteroatoms. The predicted molar refractivity (Wildman–Crippen MR) is 85.4 cm³/mol.